The lowest BCUT2D eigenvalue weighted by molar-refractivity contribution is 0.336. The van der Waals surface area contributed by atoms with Crippen LogP contribution in [0.2, 0.25) is 0 Å². The van der Waals surface area contributed by atoms with E-state index < -0.39 is 0 Å². The molecule has 0 fully saturated rings. The Kier molecular flexibility index (Phi) is 4.20. The van der Waals surface area contributed by atoms with Crippen LogP contribution in [0.3, 0.4) is 0 Å². The standard InChI is InChI=1S/C16H14N2O3S/c1-19-12-5-3-6-13(20-2)15(12)21-16-17-9-11(10-18-16)14-7-4-8-22-14/h3-10H,1-2H3. The van der Waals surface area contributed by atoms with Crippen molar-refractivity contribution in [3.8, 4) is 33.7 Å². The fourth-order valence-corrected chi connectivity index (χ4v) is 2.65. The summed E-state index contributed by atoms with van der Waals surface area (Å²) in [5.41, 5.74) is 0.953. The van der Waals surface area contributed by atoms with Crippen molar-refractivity contribution in [2.24, 2.45) is 0 Å². The Balaban J connectivity index is 1.87. The molecule has 0 bridgehead atoms. The number of benzene rings is 1. The minimum absolute atomic E-state index is 0.239. The van der Waals surface area contributed by atoms with Crippen LogP contribution < -0.4 is 14.2 Å². The van der Waals surface area contributed by atoms with Gasteiger partial charge in [-0.05, 0) is 23.6 Å². The highest BCUT2D eigenvalue weighted by molar-refractivity contribution is 7.13. The Bertz CT molecular complexity index is 720. The van der Waals surface area contributed by atoms with Crippen LogP contribution in [0.5, 0.6) is 23.3 Å². The first-order valence-electron chi connectivity index (χ1n) is 6.56. The zero-order valence-electron chi connectivity index (χ0n) is 12.1. The van der Waals surface area contributed by atoms with Gasteiger partial charge in [0.05, 0.1) is 14.2 Å². The van der Waals surface area contributed by atoms with E-state index in [9.17, 15) is 0 Å². The smallest absolute Gasteiger partial charge is 0.322 e. The van der Waals surface area contributed by atoms with Gasteiger partial charge in [0.2, 0.25) is 5.75 Å². The molecular weight excluding hydrogens is 300 g/mol. The van der Waals surface area contributed by atoms with Crippen molar-refractivity contribution in [3.05, 3.63) is 48.1 Å². The molecule has 1 aromatic carbocycles. The maximum Gasteiger partial charge on any atom is 0.322 e. The highest BCUT2D eigenvalue weighted by Crippen LogP contribution is 2.39. The van der Waals surface area contributed by atoms with Crippen LogP contribution in [0.25, 0.3) is 10.4 Å². The second kappa shape index (κ2) is 6.44. The highest BCUT2D eigenvalue weighted by atomic mass is 32.1. The summed E-state index contributed by atoms with van der Waals surface area (Å²) in [7, 11) is 3.14. The third-order valence-corrected chi connectivity index (χ3v) is 3.93. The maximum atomic E-state index is 5.73. The van der Waals surface area contributed by atoms with Gasteiger partial charge in [0, 0.05) is 22.8 Å². The Morgan fingerprint density at radius 3 is 2.14 bits per heavy atom. The van der Waals surface area contributed by atoms with Crippen molar-refractivity contribution in [2.75, 3.05) is 14.2 Å². The predicted molar refractivity (Wildman–Crippen MR) is 85.0 cm³/mol. The van der Waals surface area contributed by atoms with Crippen LogP contribution in [0.15, 0.2) is 48.1 Å². The Morgan fingerprint density at radius 1 is 0.909 bits per heavy atom. The Hall–Kier alpha value is -2.60. The molecule has 0 saturated carbocycles. The average Bonchev–Trinajstić information content (AvgIpc) is 3.10. The Labute approximate surface area is 132 Å². The molecule has 0 saturated heterocycles. The fourth-order valence-electron chi connectivity index (χ4n) is 1.95. The van der Waals surface area contributed by atoms with Crippen LogP contribution in [0, 0.1) is 0 Å². The molecule has 0 spiro atoms. The molecule has 0 radical (unpaired) electrons. The summed E-state index contributed by atoms with van der Waals surface area (Å²) in [6.45, 7) is 0. The first-order chi connectivity index (χ1) is 10.8. The maximum absolute atomic E-state index is 5.73. The number of rotatable bonds is 5. The summed E-state index contributed by atoms with van der Waals surface area (Å²) in [5.74, 6) is 1.58. The van der Waals surface area contributed by atoms with Gasteiger partial charge in [0.15, 0.2) is 11.5 Å². The SMILES string of the molecule is COc1cccc(OC)c1Oc1ncc(-c2cccs2)cn1. The highest BCUT2D eigenvalue weighted by Gasteiger charge is 2.14. The van der Waals surface area contributed by atoms with Crippen LogP contribution in [-0.4, -0.2) is 24.2 Å². The van der Waals surface area contributed by atoms with Crippen molar-refractivity contribution in [3.63, 3.8) is 0 Å². The minimum Gasteiger partial charge on any atom is -0.493 e. The largest absolute Gasteiger partial charge is 0.493 e. The van der Waals surface area contributed by atoms with Crippen LogP contribution in [0.4, 0.5) is 0 Å². The zero-order chi connectivity index (χ0) is 15.4. The van der Waals surface area contributed by atoms with E-state index in [0.717, 1.165) is 10.4 Å². The number of para-hydroxylation sites is 1. The number of hydrogen-bond donors (Lipinski definition) is 0. The number of methoxy groups -OCH3 is 2. The molecule has 6 heteroatoms. The molecule has 0 aliphatic carbocycles. The van der Waals surface area contributed by atoms with E-state index >= 15 is 0 Å². The zero-order valence-corrected chi connectivity index (χ0v) is 13.0. The summed E-state index contributed by atoms with van der Waals surface area (Å²) in [6, 6.07) is 9.65. The lowest BCUT2D eigenvalue weighted by atomic mass is 10.3. The molecule has 2 aromatic heterocycles. The predicted octanol–water partition coefficient (Wildman–Crippen LogP) is 4.01. The number of ether oxygens (including phenoxy) is 3. The van der Waals surface area contributed by atoms with Crippen molar-refractivity contribution in [2.45, 2.75) is 0 Å². The van der Waals surface area contributed by atoms with E-state index in [1.54, 1.807) is 50.1 Å². The minimum atomic E-state index is 0.239. The summed E-state index contributed by atoms with van der Waals surface area (Å²) in [5, 5.41) is 2.01. The van der Waals surface area contributed by atoms with E-state index in [0.29, 0.717) is 17.2 Å². The van der Waals surface area contributed by atoms with Gasteiger partial charge in [-0.3, -0.25) is 0 Å². The first-order valence-corrected chi connectivity index (χ1v) is 7.44. The molecule has 0 aliphatic rings. The second-order valence-electron chi connectivity index (χ2n) is 4.33. The van der Waals surface area contributed by atoms with Crippen LogP contribution in [-0.2, 0) is 0 Å². The van der Waals surface area contributed by atoms with Crippen LogP contribution in [0.1, 0.15) is 0 Å². The number of thiophene rings is 1. The lowest BCUT2D eigenvalue weighted by Gasteiger charge is -2.12. The molecule has 112 valence electrons. The molecule has 0 amide bonds. The van der Waals surface area contributed by atoms with Gasteiger partial charge in [-0.2, -0.15) is 0 Å². The molecule has 0 aliphatic heterocycles. The molecule has 3 aromatic rings. The number of nitrogens with zero attached hydrogens (tertiary/aromatic N) is 2. The molecule has 3 rings (SSSR count). The molecule has 0 atom stereocenters. The quantitative estimate of drug-likeness (QED) is 0.712. The van der Waals surface area contributed by atoms with Gasteiger partial charge >= 0.3 is 6.01 Å². The van der Waals surface area contributed by atoms with Gasteiger partial charge < -0.3 is 14.2 Å². The normalized spacial score (nSPS) is 10.3. The summed E-state index contributed by atoms with van der Waals surface area (Å²) in [4.78, 5) is 9.60. The van der Waals surface area contributed by atoms with Gasteiger partial charge in [-0.15, -0.1) is 11.3 Å². The van der Waals surface area contributed by atoms with Crippen molar-refractivity contribution in [1.29, 1.82) is 0 Å². The van der Waals surface area contributed by atoms with E-state index in [2.05, 4.69) is 9.97 Å². The van der Waals surface area contributed by atoms with E-state index in [4.69, 9.17) is 14.2 Å². The molecule has 0 N–H and O–H groups in total. The van der Waals surface area contributed by atoms with Gasteiger partial charge in [-0.25, -0.2) is 9.97 Å². The lowest BCUT2D eigenvalue weighted by Crippen LogP contribution is -1.97. The fraction of sp³-hybridized carbons (Fsp3) is 0.125. The van der Waals surface area contributed by atoms with Gasteiger partial charge in [-0.1, -0.05) is 12.1 Å². The van der Waals surface area contributed by atoms with Crippen LogP contribution >= 0.6 is 11.3 Å². The van der Waals surface area contributed by atoms with E-state index in [-0.39, 0.29) is 6.01 Å². The van der Waals surface area contributed by atoms with Crippen molar-refractivity contribution < 1.29 is 14.2 Å². The topological polar surface area (TPSA) is 53.5 Å². The van der Waals surface area contributed by atoms with Gasteiger partial charge in [0.25, 0.3) is 0 Å². The summed E-state index contributed by atoms with van der Waals surface area (Å²) in [6.07, 6.45) is 3.46. The third kappa shape index (κ3) is 2.87. The van der Waals surface area contributed by atoms with E-state index in [1.807, 2.05) is 23.6 Å². The monoisotopic (exact) mass is 314 g/mol. The van der Waals surface area contributed by atoms with Crippen molar-refractivity contribution in [1.82, 2.24) is 9.97 Å². The molecule has 2 heterocycles. The van der Waals surface area contributed by atoms with Crippen molar-refractivity contribution >= 4 is 11.3 Å². The molecule has 5 nitrogen and oxygen atoms in total. The van der Waals surface area contributed by atoms with Gasteiger partial charge in [0.1, 0.15) is 0 Å². The first kappa shape index (κ1) is 14.3. The number of aromatic nitrogens is 2. The molecule has 22 heavy (non-hydrogen) atoms. The van der Waals surface area contributed by atoms with E-state index in [1.165, 1.54) is 0 Å². The Morgan fingerprint density at radius 2 is 1.59 bits per heavy atom. The summed E-state index contributed by atoms with van der Waals surface area (Å²) < 4.78 is 16.3. The third-order valence-electron chi connectivity index (χ3n) is 3.01. The summed E-state index contributed by atoms with van der Waals surface area (Å²) >= 11 is 1.64. The molecule has 0 unspecified atom stereocenters. The number of hydrogen-bond acceptors (Lipinski definition) is 6. The second-order valence-corrected chi connectivity index (χ2v) is 5.27. The molecular formula is C16H14N2O3S. The average molecular weight is 314 g/mol.